The van der Waals surface area contributed by atoms with Crippen molar-refractivity contribution >= 4 is 17.7 Å². The van der Waals surface area contributed by atoms with E-state index in [4.69, 9.17) is 4.74 Å². The molecule has 0 spiro atoms. The highest BCUT2D eigenvalue weighted by atomic mass is 32.2. The fourth-order valence-electron chi connectivity index (χ4n) is 2.05. The van der Waals surface area contributed by atoms with Gasteiger partial charge in [0.1, 0.15) is 5.82 Å². The Labute approximate surface area is 144 Å². The second-order valence-electron chi connectivity index (χ2n) is 5.27. The number of nitrogens with one attached hydrogen (secondary N) is 1. The van der Waals surface area contributed by atoms with Gasteiger partial charge >= 0.3 is 0 Å². The van der Waals surface area contributed by atoms with Crippen molar-refractivity contribution in [1.82, 2.24) is 20.1 Å². The minimum absolute atomic E-state index is 0.0533. The third-order valence-electron chi connectivity index (χ3n) is 3.41. The Balaban J connectivity index is 1.98. The summed E-state index contributed by atoms with van der Waals surface area (Å²) in [7, 11) is 3.46. The zero-order chi connectivity index (χ0) is 17.5. The molecule has 0 saturated heterocycles. The molecule has 1 aromatic heterocycles. The predicted octanol–water partition coefficient (Wildman–Crippen LogP) is 2.25. The van der Waals surface area contributed by atoms with Gasteiger partial charge in [-0.05, 0) is 37.6 Å². The van der Waals surface area contributed by atoms with Gasteiger partial charge in [0, 0.05) is 32.9 Å². The molecular weight excluding hydrogens is 331 g/mol. The molecule has 0 aliphatic carbocycles. The molecule has 24 heavy (non-hydrogen) atoms. The molecule has 2 rings (SSSR count). The molecule has 0 aliphatic rings. The standard InChI is InChI=1S/C16H21FN4O2S/c1-11(15(22)18-9-4-10-23-3)24-16-20-19-14(21(16)2)12-5-7-13(17)8-6-12/h5-8,11H,4,9-10H2,1-3H3,(H,18,22). The Morgan fingerprint density at radius 3 is 2.75 bits per heavy atom. The number of rotatable bonds is 8. The number of hydrogen-bond donors (Lipinski definition) is 1. The van der Waals surface area contributed by atoms with E-state index < -0.39 is 0 Å². The summed E-state index contributed by atoms with van der Waals surface area (Å²) >= 11 is 1.33. The average Bonchev–Trinajstić information content (AvgIpc) is 2.93. The Bertz CT molecular complexity index is 675. The van der Waals surface area contributed by atoms with Gasteiger partial charge in [-0.3, -0.25) is 4.79 Å². The van der Waals surface area contributed by atoms with Crippen LogP contribution in [0, 0.1) is 5.82 Å². The van der Waals surface area contributed by atoms with Crippen LogP contribution in [-0.2, 0) is 16.6 Å². The van der Waals surface area contributed by atoms with Gasteiger partial charge in [-0.2, -0.15) is 0 Å². The zero-order valence-electron chi connectivity index (χ0n) is 14.0. The Morgan fingerprint density at radius 1 is 1.38 bits per heavy atom. The van der Waals surface area contributed by atoms with Crippen LogP contribution in [0.3, 0.4) is 0 Å². The Morgan fingerprint density at radius 2 is 2.08 bits per heavy atom. The minimum Gasteiger partial charge on any atom is -0.385 e. The second kappa shape index (κ2) is 8.79. The molecule has 0 radical (unpaired) electrons. The van der Waals surface area contributed by atoms with Crippen LogP contribution in [0.2, 0.25) is 0 Å². The minimum atomic E-state index is -0.297. The van der Waals surface area contributed by atoms with Crippen LogP contribution in [0.1, 0.15) is 13.3 Å². The van der Waals surface area contributed by atoms with Gasteiger partial charge in [-0.25, -0.2) is 4.39 Å². The molecule has 0 fully saturated rings. The number of nitrogens with zero attached hydrogens (tertiary/aromatic N) is 3. The molecule has 0 saturated carbocycles. The highest BCUT2D eigenvalue weighted by Gasteiger charge is 2.19. The quantitative estimate of drug-likeness (QED) is 0.583. The maximum absolute atomic E-state index is 13.0. The molecule has 8 heteroatoms. The molecule has 1 N–H and O–H groups in total. The fourth-order valence-corrected chi connectivity index (χ4v) is 2.89. The summed E-state index contributed by atoms with van der Waals surface area (Å²) in [6.45, 7) is 3.02. The van der Waals surface area contributed by atoms with Gasteiger partial charge in [0.15, 0.2) is 11.0 Å². The molecule has 0 bridgehead atoms. The maximum atomic E-state index is 13.0. The SMILES string of the molecule is COCCCNC(=O)C(C)Sc1nnc(-c2ccc(F)cc2)n1C. The molecule has 1 amide bonds. The van der Waals surface area contributed by atoms with Gasteiger partial charge < -0.3 is 14.6 Å². The van der Waals surface area contributed by atoms with Crippen LogP contribution in [0.25, 0.3) is 11.4 Å². The first-order chi connectivity index (χ1) is 11.5. The Hall–Kier alpha value is -1.93. The normalized spacial score (nSPS) is 12.2. The molecule has 1 aromatic carbocycles. The number of thioether (sulfide) groups is 1. The summed E-state index contributed by atoms with van der Waals surface area (Å²) in [5, 5.41) is 11.5. The van der Waals surface area contributed by atoms with Crippen LogP contribution >= 0.6 is 11.8 Å². The van der Waals surface area contributed by atoms with E-state index in [1.165, 1.54) is 23.9 Å². The fraction of sp³-hybridized carbons (Fsp3) is 0.438. The maximum Gasteiger partial charge on any atom is 0.233 e. The zero-order valence-corrected chi connectivity index (χ0v) is 14.8. The van der Waals surface area contributed by atoms with Crippen molar-refractivity contribution in [2.75, 3.05) is 20.3 Å². The summed E-state index contributed by atoms with van der Waals surface area (Å²) in [6.07, 6.45) is 0.776. The van der Waals surface area contributed by atoms with Gasteiger partial charge in [0.05, 0.1) is 5.25 Å². The average molecular weight is 352 g/mol. The van der Waals surface area contributed by atoms with Crippen LogP contribution < -0.4 is 5.32 Å². The van der Waals surface area contributed by atoms with Crippen LogP contribution in [0.5, 0.6) is 0 Å². The lowest BCUT2D eigenvalue weighted by Crippen LogP contribution is -2.32. The van der Waals surface area contributed by atoms with Crippen molar-refractivity contribution in [1.29, 1.82) is 0 Å². The smallest absolute Gasteiger partial charge is 0.233 e. The topological polar surface area (TPSA) is 69.0 Å². The lowest BCUT2D eigenvalue weighted by Gasteiger charge is -2.11. The highest BCUT2D eigenvalue weighted by Crippen LogP contribution is 2.25. The molecule has 1 heterocycles. The number of benzene rings is 1. The van der Waals surface area contributed by atoms with Crippen molar-refractivity contribution < 1.29 is 13.9 Å². The summed E-state index contributed by atoms with van der Waals surface area (Å²) in [5.41, 5.74) is 0.773. The van der Waals surface area contributed by atoms with Crippen molar-refractivity contribution in [3.8, 4) is 11.4 Å². The summed E-state index contributed by atoms with van der Waals surface area (Å²) in [6, 6.07) is 6.07. The van der Waals surface area contributed by atoms with E-state index in [1.807, 2.05) is 14.0 Å². The van der Waals surface area contributed by atoms with E-state index in [1.54, 1.807) is 23.8 Å². The lowest BCUT2D eigenvalue weighted by molar-refractivity contribution is -0.120. The number of carbonyl (C=O) groups is 1. The van der Waals surface area contributed by atoms with E-state index in [9.17, 15) is 9.18 Å². The predicted molar refractivity (Wildman–Crippen MR) is 91.2 cm³/mol. The summed E-state index contributed by atoms with van der Waals surface area (Å²) < 4.78 is 19.8. The Kier molecular flexibility index (Phi) is 6.74. The summed E-state index contributed by atoms with van der Waals surface area (Å²) in [4.78, 5) is 12.1. The molecule has 2 aromatic rings. The first kappa shape index (κ1) is 18.4. The molecule has 0 aliphatic heterocycles. The van der Waals surface area contributed by atoms with Gasteiger partial charge in [0.2, 0.25) is 5.91 Å². The van der Waals surface area contributed by atoms with Crippen molar-refractivity contribution in [3.63, 3.8) is 0 Å². The third-order valence-corrected chi connectivity index (χ3v) is 4.55. The number of halogens is 1. The van der Waals surface area contributed by atoms with E-state index >= 15 is 0 Å². The van der Waals surface area contributed by atoms with E-state index in [2.05, 4.69) is 15.5 Å². The second-order valence-corrected chi connectivity index (χ2v) is 6.58. The third kappa shape index (κ3) is 4.78. The van der Waals surface area contributed by atoms with Crippen molar-refractivity contribution in [2.24, 2.45) is 7.05 Å². The van der Waals surface area contributed by atoms with E-state index in [-0.39, 0.29) is 17.0 Å². The lowest BCUT2D eigenvalue weighted by atomic mass is 10.2. The molecule has 1 atom stereocenters. The summed E-state index contributed by atoms with van der Waals surface area (Å²) in [5.74, 6) is 0.280. The van der Waals surface area contributed by atoms with Crippen molar-refractivity contribution in [3.05, 3.63) is 30.1 Å². The van der Waals surface area contributed by atoms with Crippen LogP contribution in [0.4, 0.5) is 4.39 Å². The number of methoxy groups -OCH3 is 1. The molecule has 130 valence electrons. The number of carbonyl (C=O) groups excluding carboxylic acids is 1. The number of amides is 1. The first-order valence-electron chi connectivity index (χ1n) is 7.61. The first-order valence-corrected chi connectivity index (χ1v) is 8.49. The largest absolute Gasteiger partial charge is 0.385 e. The number of aromatic nitrogens is 3. The number of ether oxygens (including phenoxy) is 1. The van der Waals surface area contributed by atoms with Crippen LogP contribution in [-0.4, -0.2) is 46.2 Å². The van der Waals surface area contributed by atoms with Gasteiger partial charge in [0.25, 0.3) is 0 Å². The van der Waals surface area contributed by atoms with E-state index in [0.29, 0.717) is 24.1 Å². The van der Waals surface area contributed by atoms with Gasteiger partial charge in [-0.15, -0.1) is 10.2 Å². The van der Waals surface area contributed by atoms with Crippen molar-refractivity contribution in [2.45, 2.75) is 23.8 Å². The monoisotopic (exact) mass is 352 g/mol. The highest BCUT2D eigenvalue weighted by molar-refractivity contribution is 8.00. The molecule has 6 nitrogen and oxygen atoms in total. The van der Waals surface area contributed by atoms with Crippen LogP contribution in [0.15, 0.2) is 29.4 Å². The van der Waals surface area contributed by atoms with Gasteiger partial charge in [-0.1, -0.05) is 11.8 Å². The number of hydrogen-bond acceptors (Lipinski definition) is 5. The van der Waals surface area contributed by atoms with E-state index in [0.717, 1.165) is 12.0 Å². The molecule has 1 unspecified atom stereocenters. The molecular formula is C16H21FN4O2S.